The van der Waals surface area contributed by atoms with Crippen molar-refractivity contribution in [2.45, 2.75) is 60.5 Å². The molecule has 5 heteroatoms. The van der Waals surface area contributed by atoms with Crippen LogP contribution < -0.4 is 9.47 Å². The van der Waals surface area contributed by atoms with Crippen molar-refractivity contribution >= 4 is 5.97 Å². The third-order valence-electron chi connectivity index (χ3n) is 5.20. The summed E-state index contributed by atoms with van der Waals surface area (Å²) in [7, 11) is 0. The summed E-state index contributed by atoms with van der Waals surface area (Å²) in [6.45, 7) is 12.6. The Bertz CT molecular complexity index is 903. The van der Waals surface area contributed by atoms with Gasteiger partial charge in [0.05, 0.1) is 6.61 Å². The number of hydrogen-bond donors (Lipinski definition) is 0. The van der Waals surface area contributed by atoms with Gasteiger partial charge in [-0.2, -0.15) is 0 Å². The number of unbranched alkanes of at least 4 members (excludes halogenated alkanes) is 1. The summed E-state index contributed by atoms with van der Waals surface area (Å²) < 4.78 is 27.0. The number of carbonyl (C=O) groups excluding carboxylic acids is 1. The van der Waals surface area contributed by atoms with E-state index in [2.05, 4.69) is 32.6 Å². The maximum Gasteiger partial charge on any atom is 0.347 e. The second-order valence-corrected chi connectivity index (χ2v) is 9.21. The molecule has 0 aliphatic carbocycles. The molecule has 30 heavy (non-hydrogen) atoms. The second kappa shape index (κ2) is 9.17. The maximum absolute atomic E-state index is 15.3. The van der Waals surface area contributed by atoms with Crippen LogP contribution in [0.15, 0.2) is 30.3 Å². The van der Waals surface area contributed by atoms with Gasteiger partial charge in [0.15, 0.2) is 0 Å². The molecule has 0 bridgehead atoms. The molecule has 0 radical (unpaired) electrons. The van der Waals surface area contributed by atoms with Crippen LogP contribution in [-0.2, 0) is 13.1 Å². The number of halogens is 1. The maximum atomic E-state index is 15.3. The largest absolute Gasteiger partial charge is 0.492 e. The zero-order valence-electron chi connectivity index (χ0n) is 18.7. The molecule has 0 atom stereocenters. The zero-order chi connectivity index (χ0) is 21.9. The van der Waals surface area contributed by atoms with Crippen molar-refractivity contribution in [3.63, 3.8) is 0 Å². The van der Waals surface area contributed by atoms with Crippen LogP contribution in [0.2, 0.25) is 0 Å². The van der Waals surface area contributed by atoms with Crippen molar-refractivity contribution in [1.29, 1.82) is 0 Å². The molecule has 0 N–H and O–H groups in total. The molecule has 0 amide bonds. The summed E-state index contributed by atoms with van der Waals surface area (Å²) in [5, 5.41) is 0. The van der Waals surface area contributed by atoms with Crippen LogP contribution in [0.25, 0.3) is 0 Å². The van der Waals surface area contributed by atoms with E-state index in [9.17, 15) is 4.79 Å². The molecule has 1 heterocycles. The Hall–Kier alpha value is -2.40. The third kappa shape index (κ3) is 5.01. The molecule has 1 aliphatic rings. The van der Waals surface area contributed by atoms with Gasteiger partial charge in [0, 0.05) is 36.3 Å². The Labute approximate surface area is 179 Å². The van der Waals surface area contributed by atoms with Gasteiger partial charge >= 0.3 is 5.97 Å². The molecule has 2 aromatic carbocycles. The number of ether oxygens (including phenoxy) is 2. The van der Waals surface area contributed by atoms with Gasteiger partial charge in [0.1, 0.15) is 22.9 Å². The molecule has 0 saturated heterocycles. The Morgan fingerprint density at radius 2 is 1.80 bits per heavy atom. The lowest BCUT2D eigenvalue weighted by atomic mass is 9.96. The van der Waals surface area contributed by atoms with Crippen molar-refractivity contribution in [3.05, 3.63) is 58.4 Å². The molecule has 0 spiro atoms. The summed E-state index contributed by atoms with van der Waals surface area (Å²) in [5.74, 6) is -0.00297. The first-order valence-corrected chi connectivity index (χ1v) is 10.7. The quantitative estimate of drug-likeness (QED) is 0.322. The zero-order valence-corrected chi connectivity index (χ0v) is 18.7. The first-order chi connectivity index (χ1) is 14.2. The molecule has 3 rings (SSSR count). The van der Waals surface area contributed by atoms with Crippen LogP contribution in [0.3, 0.4) is 0 Å². The van der Waals surface area contributed by atoms with Crippen molar-refractivity contribution in [3.8, 4) is 11.5 Å². The summed E-state index contributed by atoms with van der Waals surface area (Å²) in [6, 6.07) is 8.85. The van der Waals surface area contributed by atoms with E-state index in [0.29, 0.717) is 42.3 Å². The van der Waals surface area contributed by atoms with Crippen molar-refractivity contribution in [1.82, 2.24) is 4.90 Å². The van der Waals surface area contributed by atoms with Crippen molar-refractivity contribution in [2.24, 2.45) is 5.41 Å². The number of carbonyl (C=O) groups is 1. The average molecular weight is 414 g/mol. The predicted molar refractivity (Wildman–Crippen MR) is 117 cm³/mol. The number of nitrogens with zero attached hydrogens (tertiary/aromatic N) is 1. The monoisotopic (exact) mass is 413 g/mol. The molecule has 0 unspecified atom stereocenters. The summed E-state index contributed by atoms with van der Waals surface area (Å²) in [4.78, 5) is 15.3. The van der Waals surface area contributed by atoms with Crippen LogP contribution in [0.5, 0.6) is 11.5 Å². The van der Waals surface area contributed by atoms with Gasteiger partial charge in [-0.05, 0) is 30.9 Å². The Balaban J connectivity index is 2.01. The van der Waals surface area contributed by atoms with Gasteiger partial charge in [-0.1, -0.05) is 52.3 Å². The molecule has 1 aliphatic heterocycles. The summed E-state index contributed by atoms with van der Waals surface area (Å²) in [5.41, 5.74) is 1.99. The molecule has 162 valence electrons. The lowest BCUT2D eigenvalue weighted by Crippen LogP contribution is -2.28. The van der Waals surface area contributed by atoms with Gasteiger partial charge in [0.25, 0.3) is 0 Å². The van der Waals surface area contributed by atoms with Gasteiger partial charge in [-0.25, -0.2) is 9.18 Å². The van der Waals surface area contributed by atoms with Gasteiger partial charge < -0.3 is 9.47 Å². The predicted octanol–water partition coefficient (Wildman–Crippen LogP) is 5.89. The van der Waals surface area contributed by atoms with Crippen LogP contribution in [0.1, 0.15) is 67.6 Å². The topological polar surface area (TPSA) is 38.8 Å². The fourth-order valence-electron chi connectivity index (χ4n) is 3.91. The molecule has 0 fully saturated rings. The van der Waals surface area contributed by atoms with E-state index in [4.69, 9.17) is 9.47 Å². The summed E-state index contributed by atoms with van der Waals surface area (Å²) >= 11 is 0. The Kier molecular flexibility index (Phi) is 6.81. The van der Waals surface area contributed by atoms with Crippen molar-refractivity contribution in [2.75, 3.05) is 13.2 Å². The first-order valence-electron chi connectivity index (χ1n) is 10.7. The third-order valence-corrected chi connectivity index (χ3v) is 5.20. The van der Waals surface area contributed by atoms with E-state index in [0.717, 1.165) is 24.9 Å². The van der Waals surface area contributed by atoms with Gasteiger partial charge in [0.2, 0.25) is 0 Å². The number of rotatable bonds is 7. The average Bonchev–Trinajstić information content (AvgIpc) is 3.08. The smallest absolute Gasteiger partial charge is 0.347 e. The SMILES string of the molecule is CCCCOc1c2c(c(F)c(C)c1C(=O)Oc1ccccc1)CN(CC(C)(C)C)C2. The van der Waals surface area contributed by atoms with Crippen LogP contribution >= 0.6 is 0 Å². The number of fused-ring (bicyclic) bond motifs is 1. The number of benzene rings is 2. The van der Waals surface area contributed by atoms with E-state index in [1.807, 2.05) is 6.07 Å². The van der Waals surface area contributed by atoms with E-state index >= 15 is 4.39 Å². The van der Waals surface area contributed by atoms with Gasteiger partial charge in [-0.15, -0.1) is 0 Å². The fraction of sp³-hybridized carbons (Fsp3) is 0.480. The van der Waals surface area contributed by atoms with E-state index in [-0.39, 0.29) is 16.8 Å². The second-order valence-electron chi connectivity index (χ2n) is 9.21. The Morgan fingerprint density at radius 3 is 2.43 bits per heavy atom. The van der Waals surface area contributed by atoms with Gasteiger partial charge in [-0.3, -0.25) is 4.90 Å². The Morgan fingerprint density at radius 1 is 1.13 bits per heavy atom. The van der Waals surface area contributed by atoms with E-state index in [1.165, 1.54) is 0 Å². The van der Waals surface area contributed by atoms with Crippen LogP contribution in [0, 0.1) is 18.2 Å². The highest BCUT2D eigenvalue weighted by Crippen LogP contribution is 2.40. The standard InChI is InChI=1S/C25H32FNO3/c1-6-7-13-29-23-20-15-27(16-25(3,4)5)14-19(20)22(26)17(2)21(23)24(28)30-18-11-9-8-10-12-18/h8-12H,6-7,13-16H2,1-5H3. The fourth-order valence-corrected chi connectivity index (χ4v) is 3.91. The first kappa shape index (κ1) is 22.3. The summed E-state index contributed by atoms with van der Waals surface area (Å²) in [6.07, 6.45) is 1.84. The lowest BCUT2D eigenvalue weighted by molar-refractivity contribution is 0.0728. The highest BCUT2D eigenvalue weighted by molar-refractivity contribution is 5.96. The van der Waals surface area contributed by atoms with Crippen LogP contribution in [0.4, 0.5) is 4.39 Å². The molecule has 0 saturated carbocycles. The minimum absolute atomic E-state index is 0.0892. The molecule has 0 aromatic heterocycles. The molecular weight excluding hydrogens is 381 g/mol. The van der Waals surface area contributed by atoms with E-state index in [1.54, 1.807) is 31.2 Å². The number of esters is 1. The minimum Gasteiger partial charge on any atom is -0.492 e. The number of hydrogen-bond acceptors (Lipinski definition) is 4. The highest BCUT2D eigenvalue weighted by atomic mass is 19.1. The number of para-hydroxylation sites is 1. The normalized spacial score (nSPS) is 13.9. The van der Waals surface area contributed by atoms with Crippen molar-refractivity contribution < 1.29 is 18.7 Å². The lowest BCUT2D eigenvalue weighted by Gasteiger charge is -2.25. The highest BCUT2D eigenvalue weighted by Gasteiger charge is 2.34. The molecule has 4 nitrogen and oxygen atoms in total. The van der Waals surface area contributed by atoms with Crippen LogP contribution in [-0.4, -0.2) is 24.0 Å². The van der Waals surface area contributed by atoms with E-state index < -0.39 is 5.97 Å². The molecular formula is C25H32FNO3. The molecule has 2 aromatic rings. The minimum atomic E-state index is -0.582.